The number of anilines is 1. The molecule has 98 valence electrons. The van der Waals surface area contributed by atoms with Crippen molar-refractivity contribution in [2.24, 2.45) is 0 Å². The molecule has 0 aliphatic heterocycles. The number of rotatable bonds is 3. The van der Waals surface area contributed by atoms with Gasteiger partial charge in [0.1, 0.15) is 5.69 Å². The lowest BCUT2D eigenvalue weighted by Gasteiger charge is -2.08. The topological polar surface area (TPSA) is 42.0 Å². The summed E-state index contributed by atoms with van der Waals surface area (Å²) in [5.41, 5.74) is 2.40. The average molecular weight is 319 g/mol. The summed E-state index contributed by atoms with van der Waals surface area (Å²) in [6.45, 7) is 4.27. The van der Waals surface area contributed by atoms with Crippen molar-refractivity contribution in [2.45, 2.75) is 19.8 Å². The first-order chi connectivity index (χ1) is 9.08. The molecule has 2 aromatic rings. The molecule has 0 aliphatic rings. The maximum Gasteiger partial charge on any atom is 0.275 e. The van der Waals surface area contributed by atoms with Gasteiger partial charge < -0.3 is 5.32 Å². The van der Waals surface area contributed by atoms with Crippen molar-refractivity contribution >= 4 is 27.5 Å². The van der Waals surface area contributed by atoms with Crippen molar-refractivity contribution in [1.82, 2.24) is 4.98 Å². The van der Waals surface area contributed by atoms with Crippen molar-refractivity contribution in [2.75, 3.05) is 5.32 Å². The van der Waals surface area contributed by atoms with Crippen LogP contribution in [0.15, 0.2) is 47.1 Å². The smallest absolute Gasteiger partial charge is 0.275 e. The fraction of sp³-hybridized carbons (Fsp3) is 0.200. The molecule has 2 rings (SSSR count). The van der Waals surface area contributed by atoms with Gasteiger partial charge in [0.05, 0.1) is 0 Å². The lowest BCUT2D eigenvalue weighted by Crippen LogP contribution is -2.14. The molecule has 4 heteroatoms. The lowest BCUT2D eigenvalue weighted by atomic mass is 10.0. The minimum absolute atomic E-state index is 0.218. The fourth-order valence-corrected chi connectivity index (χ4v) is 2.13. The molecular formula is C15H15BrN2O. The zero-order valence-corrected chi connectivity index (χ0v) is 12.4. The minimum Gasteiger partial charge on any atom is -0.321 e. The largest absolute Gasteiger partial charge is 0.321 e. The molecule has 1 heterocycles. The van der Waals surface area contributed by atoms with Gasteiger partial charge in [0.2, 0.25) is 0 Å². The second kappa shape index (κ2) is 5.97. The summed E-state index contributed by atoms with van der Waals surface area (Å²) >= 11 is 3.32. The van der Waals surface area contributed by atoms with E-state index in [0.29, 0.717) is 16.1 Å². The predicted octanol–water partition coefficient (Wildman–Crippen LogP) is 4.22. The quantitative estimate of drug-likeness (QED) is 0.920. The Morgan fingerprint density at radius 1 is 1.21 bits per heavy atom. The number of nitrogens with zero attached hydrogens (tertiary/aromatic N) is 1. The number of halogens is 1. The van der Waals surface area contributed by atoms with E-state index in [0.717, 1.165) is 5.69 Å². The zero-order chi connectivity index (χ0) is 13.8. The van der Waals surface area contributed by atoms with E-state index in [1.165, 1.54) is 5.56 Å². The van der Waals surface area contributed by atoms with E-state index < -0.39 is 0 Å². The highest BCUT2D eigenvalue weighted by molar-refractivity contribution is 9.10. The van der Waals surface area contributed by atoms with Crippen molar-refractivity contribution in [3.63, 3.8) is 0 Å². The number of amides is 1. The van der Waals surface area contributed by atoms with Gasteiger partial charge in [-0.25, -0.2) is 4.98 Å². The van der Waals surface area contributed by atoms with Crippen LogP contribution in [0.2, 0.25) is 0 Å². The van der Waals surface area contributed by atoms with E-state index in [1.807, 2.05) is 24.3 Å². The molecule has 0 saturated carbocycles. The number of hydrogen-bond donors (Lipinski definition) is 1. The number of nitrogens with one attached hydrogen (secondary N) is 1. The molecule has 0 atom stereocenters. The van der Waals surface area contributed by atoms with Crippen LogP contribution >= 0.6 is 15.9 Å². The first-order valence-electron chi connectivity index (χ1n) is 6.09. The summed E-state index contributed by atoms with van der Waals surface area (Å²) in [5, 5.41) is 2.83. The Labute approximate surface area is 121 Å². The summed E-state index contributed by atoms with van der Waals surface area (Å²) in [7, 11) is 0. The monoisotopic (exact) mass is 318 g/mol. The second-order valence-electron chi connectivity index (χ2n) is 4.56. The van der Waals surface area contributed by atoms with Crippen LogP contribution in [-0.2, 0) is 0 Å². The van der Waals surface area contributed by atoms with E-state index in [2.05, 4.69) is 40.1 Å². The third-order valence-corrected chi connectivity index (χ3v) is 3.45. The summed E-state index contributed by atoms with van der Waals surface area (Å²) in [5.74, 6) is 0.263. The lowest BCUT2D eigenvalue weighted by molar-refractivity contribution is 0.102. The van der Waals surface area contributed by atoms with Gasteiger partial charge in [-0.05, 0) is 51.7 Å². The Hall–Kier alpha value is -1.68. The summed E-state index contributed by atoms with van der Waals surface area (Å²) in [6, 6.07) is 11.4. The van der Waals surface area contributed by atoms with Crippen LogP contribution in [-0.4, -0.2) is 10.9 Å². The van der Waals surface area contributed by atoms with E-state index in [9.17, 15) is 4.79 Å². The number of pyridine rings is 1. The Bertz CT molecular complexity index is 579. The van der Waals surface area contributed by atoms with Gasteiger partial charge >= 0.3 is 0 Å². The third-order valence-electron chi connectivity index (χ3n) is 2.81. The number of carbonyl (C=O) groups excluding carboxylic acids is 1. The van der Waals surface area contributed by atoms with Gasteiger partial charge in [-0.1, -0.05) is 26.0 Å². The van der Waals surface area contributed by atoms with Crippen LogP contribution in [0.3, 0.4) is 0 Å². The van der Waals surface area contributed by atoms with Crippen LogP contribution in [0, 0.1) is 0 Å². The summed E-state index contributed by atoms with van der Waals surface area (Å²) in [6.07, 6.45) is 1.60. The zero-order valence-electron chi connectivity index (χ0n) is 10.9. The highest BCUT2D eigenvalue weighted by Gasteiger charge is 2.11. The molecule has 1 aromatic heterocycles. The van der Waals surface area contributed by atoms with Gasteiger partial charge in [-0.15, -0.1) is 0 Å². The fourth-order valence-electron chi connectivity index (χ4n) is 1.69. The summed E-state index contributed by atoms with van der Waals surface area (Å²) in [4.78, 5) is 16.1. The Morgan fingerprint density at radius 2 is 1.89 bits per heavy atom. The molecular weight excluding hydrogens is 304 g/mol. The van der Waals surface area contributed by atoms with E-state index in [4.69, 9.17) is 0 Å². The number of benzene rings is 1. The molecule has 0 bridgehead atoms. The van der Waals surface area contributed by atoms with Gasteiger partial charge in [0.15, 0.2) is 0 Å². The minimum atomic E-state index is -0.218. The predicted molar refractivity (Wildman–Crippen MR) is 80.4 cm³/mol. The molecule has 0 spiro atoms. The highest BCUT2D eigenvalue weighted by atomic mass is 79.9. The van der Waals surface area contributed by atoms with Crippen LogP contribution in [0.5, 0.6) is 0 Å². The Kier molecular flexibility index (Phi) is 4.32. The number of carbonyl (C=O) groups is 1. The Balaban J connectivity index is 2.13. The highest BCUT2D eigenvalue weighted by Crippen LogP contribution is 2.19. The van der Waals surface area contributed by atoms with Crippen LogP contribution in [0.1, 0.15) is 35.8 Å². The molecule has 1 aromatic carbocycles. The molecule has 0 radical (unpaired) electrons. The SMILES string of the molecule is CC(C)c1ccc(NC(=O)c2ncccc2Br)cc1. The molecule has 0 aliphatic carbocycles. The molecule has 1 amide bonds. The second-order valence-corrected chi connectivity index (χ2v) is 5.42. The molecule has 1 N–H and O–H groups in total. The van der Waals surface area contributed by atoms with E-state index >= 15 is 0 Å². The molecule has 0 unspecified atom stereocenters. The summed E-state index contributed by atoms with van der Waals surface area (Å²) < 4.78 is 0.686. The van der Waals surface area contributed by atoms with Crippen molar-refractivity contribution < 1.29 is 4.79 Å². The standard InChI is InChI=1S/C15H15BrN2O/c1-10(2)11-5-7-12(8-6-11)18-15(19)14-13(16)4-3-9-17-14/h3-10H,1-2H3,(H,18,19). The van der Waals surface area contributed by atoms with Crippen LogP contribution < -0.4 is 5.32 Å². The van der Waals surface area contributed by atoms with Crippen molar-refractivity contribution in [3.05, 3.63) is 58.3 Å². The molecule has 0 saturated heterocycles. The average Bonchev–Trinajstić information content (AvgIpc) is 2.39. The molecule has 0 fully saturated rings. The Morgan fingerprint density at radius 3 is 2.47 bits per heavy atom. The number of hydrogen-bond acceptors (Lipinski definition) is 2. The first-order valence-corrected chi connectivity index (χ1v) is 6.89. The van der Waals surface area contributed by atoms with E-state index in [-0.39, 0.29) is 5.91 Å². The van der Waals surface area contributed by atoms with Crippen LogP contribution in [0.4, 0.5) is 5.69 Å². The third kappa shape index (κ3) is 3.41. The van der Waals surface area contributed by atoms with Gasteiger partial charge in [0.25, 0.3) is 5.91 Å². The first kappa shape index (κ1) is 13.7. The van der Waals surface area contributed by atoms with Crippen LogP contribution in [0.25, 0.3) is 0 Å². The molecule has 3 nitrogen and oxygen atoms in total. The van der Waals surface area contributed by atoms with E-state index in [1.54, 1.807) is 18.3 Å². The van der Waals surface area contributed by atoms with Crippen molar-refractivity contribution in [1.29, 1.82) is 0 Å². The maximum absolute atomic E-state index is 12.1. The van der Waals surface area contributed by atoms with Crippen molar-refractivity contribution in [3.8, 4) is 0 Å². The maximum atomic E-state index is 12.1. The van der Waals surface area contributed by atoms with Gasteiger partial charge in [0, 0.05) is 16.4 Å². The van der Waals surface area contributed by atoms with Gasteiger partial charge in [-0.3, -0.25) is 4.79 Å². The number of aromatic nitrogens is 1. The van der Waals surface area contributed by atoms with Gasteiger partial charge in [-0.2, -0.15) is 0 Å². The normalized spacial score (nSPS) is 10.5. The molecule has 19 heavy (non-hydrogen) atoms.